The quantitative estimate of drug-likeness (QED) is 0.449. The van der Waals surface area contributed by atoms with E-state index >= 15 is 0 Å². The number of carbonyl (C=O) groups is 1. The van der Waals surface area contributed by atoms with Crippen LogP contribution in [0.2, 0.25) is 0 Å². The molecule has 0 spiro atoms. The number of aromatic nitrogens is 1. The van der Waals surface area contributed by atoms with E-state index in [0.29, 0.717) is 33.8 Å². The van der Waals surface area contributed by atoms with Gasteiger partial charge in [-0.15, -0.1) is 0 Å². The minimum absolute atomic E-state index is 0.0970. The summed E-state index contributed by atoms with van der Waals surface area (Å²) >= 11 is 6.76. The maximum Gasteiger partial charge on any atom is 0.270 e. The highest BCUT2D eigenvalue weighted by Crippen LogP contribution is 2.36. The van der Waals surface area contributed by atoms with Crippen molar-refractivity contribution in [1.82, 2.24) is 9.47 Å². The normalized spacial score (nSPS) is 18.0. The maximum absolute atomic E-state index is 13.2. The second kappa shape index (κ2) is 10.0. The van der Waals surface area contributed by atoms with Crippen LogP contribution in [0.5, 0.6) is 0 Å². The Morgan fingerprint density at radius 1 is 1.26 bits per heavy atom. The Kier molecular flexibility index (Phi) is 7.60. The van der Waals surface area contributed by atoms with Gasteiger partial charge in [0.15, 0.2) is 0 Å². The van der Waals surface area contributed by atoms with Crippen molar-refractivity contribution in [2.45, 2.75) is 59.9 Å². The summed E-state index contributed by atoms with van der Waals surface area (Å²) in [6.07, 6.45) is 5.79. The predicted molar refractivity (Wildman–Crippen MR) is 131 cm³/mol. The first-order chi connectivity index (χ1) is 14.8. The molecule has 0 saturated carbocycles. The van der Waals surface area contributed by atoms with Crippen LogP contribution in [0, 0.1) is 24.2 Å². The second-order valence-electron chi connectivity index (χ2n) is 8.54. The number of carbonyl (C=O) groups excluding carboxylic acids is 1. The van der Waals surface area contributed by atoms with E-state index in [2.05, 4.69) is 31.7 Å². The fourth-order valence-electron chi connectivity index (χ4n) is 4.09. The molecule has 0 bridgehead atoms. The third-order valence-corrected chi connectivity index (χ3v) is 7.06. The molecule has 2 aliphatic rings. The van der Waals surface area contributed by atoms with Crippen LogP contribution in [-0.4, -0.2) is 39.3 Å². The van der Waals surface area contributed by atoms with Crippen molar-refractivity contribution < 1.29 is 4.79 Å². The van der Waals surface area contributed by atoms with Gasteiger partial charge in [-0.3, -0.25) is 19.1 Å². The van der Waals surface area contributed by atoms with Gasteiger partial charge in [0, 0.05) is 31.7 Å². The van der Waals surface area contributed by atoms with Gasteiger partial charge in [0.05, 0.1) is 4.91 Å². The Morgan fingerprint density at radius 2 is 1.94 bits per heavy atom. The molecule has 0 atom stereocenters. The smallest absolute Gasteiger partial charge is 0.270 e. The summed E-state index contributed by atoms with van der Waals surface area (Å²) < 4.78 is 2.31. The van der Waals surface area contributed by atoms with Crippen LogP contribution in [-0.2, 0) is 11.3 Å². The summed E-state index contributed by atoms with van der Waals surface area (Å²) in [5, 5.41) is 9.73. The van der Waals surface area contributed by atoms with Crippen molar-refractivity contribution in [2.75, 3.05) is 24.5 Å². The summed E-state index contributed by atoms with van der Waals surface area (Å²) in [5.74, 6) is 1.05. The molecular formula is C23H30N4O2S2. The number of thioether (sulfide) groups is 1. The maximum atomic E-state index is 13.2. The Labute approximate surface area is 193 Å². The minimum Gasteiger partial charge on any atom is -0.357 e. The van der Waals surface area contributed by atoms with Gasteiger partial charge in [-0.05, 0) is 43.7 Å². The third kappa shape index (κ3) is 4.73. The predicted octanol–water partition coefficient (Wildman–Crippen LogP) is 4.29. The van der Waals surface area contributed by atoms with Gasteiger partial charge in [-0.2, -0.15) is 5.26 Å². The van der Waals surface area contributed by atoms with Gasteiger partial charge >= 0.3 is 0 Å². The standard InChI is InChI=1S/C23H30N4O2S2/c1-5-6-11-26-20(25-9-7-8-10-25)17(16(4)18(13-24)21(26)28)12-19-22(29)27(14-15(2)3)23(30)31-19/h12,15H,5-11,14H2,1-4H3/b19-12+. The molecule has 0 aliphatic carbocycles. The molecule has 3 heterocycles. The number of pyridine rings is 1. The number of nitriles is 1. The molecular weight excluding hydrogens is 428 g/mol. The number of anilines is 1. The molecule has 0 N–H and O–H groups in total. The van der Waals surface area contributed by atoms with Crippen molar-refractivity contribution in [3.05, 3.63) is 31.9 Å². The number of nitrogens with zero attached hydrogens (tertiary/aromatic N) is 4. The fourth-order valence-corrected chi connectivity index (χ4v) is 5.35. The first-order valence-corrected chi connectivity index (χ1v) is 12.2. The molecule has 1 aromatic rings. The molecule has 1 aromatic heterocycles. The van der Waals surface area contributed by atoms with Crippen molar-refractivity contribution in [3.8, 4) is 6.07 Å². The summed E-state index contributed by atoms with van der Waals surface area (Å²) in [4.78, 5) is 30.7. The zero-order valence-electron chi connectivity index (χ0n) is 18.7. The van der Waals surface area contributed by atoms with Crippen molar-refractivity contribution in [1.29, 1.82) is 5.26 Å². The van der Waals surface area contributed by atoms with Crippen LogP contribution < -0.4 is 10.5 Å². The second-order valence-corrected chi connectivity index (χ2v) is 10.2. The molecule has 1 amide bonds. The fraction of sp³-hybridized carbons (Fsp3) is 0.565. The monoisotopic (exact) mass is 458 g/mol. The van der Waals surface area contributed by atoms with E-state index in [4.69, 9.17) is 12.2 Å². The SMILES string of the molecule is CCCCn1c(N2CCCC2)c(/C=C2/SC(=S)N(CC(C)C)C2=O)c(C)c(C#N)c1=O. The Balaban J connectivity index is 2.20. The van der Waals surface area contributed by atoms with Gasteiger partial charge in [0.2, 0.25) is 0 Å². The lowest BCUT2D eigenvalue weighted by molar-refractivity contribution is -0.122. The van der Waals surface area contributed by atoms with Gasteiger partial charge in [-0.1, -0.05) is 51.2 Å². The topological polar surface area (TPSA) is 69.3 Å². The van der Waals surface area contributed by atoms with E-state index in [1.807, 2.05) is 13.0 Å². The summed E-state index contributed by atoms with van der Waals surface area (Å²) in [5.41, 5.74) is 1.35. The van der Waals surface area contributed by atoms with Crippen molar-refractivity contribution in [3.63, 3.8) is 0 Å². The number of hydrogen-bond donors (Lipinski definition) is 0. The molecule has 0 unspecified atom stereocenters. The highest BCUT2D eigenvalue weighted by atomic mass is 32.2. The van der Waals surface area contributed by atoms with E-state index in [9.17, 15) is 14.9 Å². The van der Waals surface area contributed by atoms with Gasteiger partial charge < -0.3 is 4.90 Å². The average Bonchev–Trinajstić information content (AvgIpc) is 3.34. The lowest BCUT2D eigenvalue weighted by Gasteiger charge is -2.27. The van der Waals surface area contributed by atoms with Crippen LogP contribution in [0.1, 0.15) is 63.1 Å². The third-order valence-electron chi connectivity index (χ3n) is 5.68. The molecule has 2 fully saturated rings. The van der Waals surface area contributed by atoms with E-state index in [-0.39, 0.29) is 17.0 Å². The molecule has 2 aliphatic heterocycles. The highest BCUT2D eigenvalue weighted by molar-refractivity contribution is 8.26. The molecule has 0 radical (unpaired) electrons. The lowest BCUT2D eigenvalue weighted by atomic mass is 10.0. The van der Waals surface area contributed by atoms with Crippen LogP contribution in [0.3, 0.4) is 0 Å². The van der Waals surface area contributed by atoms with Crippen molar-refractivity contribution >= 4 is 46.1 Å². The Morgan fingerprint density at radius 3 is 2.52 bits per heavy atom. The first kappa shape index (κ1) is 23.6. The summed E-state index contributed by atoms with van der Waals surface area (Å²) in [7, 11) is 0. The number of hydrogen-bond acceptors (Lipinski definition) is 6. The van der Waals surface area contributed by atoms with Gasteiger partial charge in [0.25, 0.3) is 11.5 Å². The van der Waals surface area contributed by atoms with E-state index in [1.165, 1.54) is 11.8 Å². The molecule has 3 rings (SSSR count). The van der Waals surface area contributed by atoms with Crippen LogP contribution in [0.4, 0.5) is 5.82 Å². The molecule has 166 valence electrons. The molecule has 31 heavy (non-hydrogen) atoms. The minimum atomic E-state index is -0.236. The zero-order chi connectivity index (χ0) is 22.7. The zero-order valence-corrected chi connectivity index (χ0v) is 20.4. The number of unbranched alkanes of at least 4 members (excludes halogenated alkanes) is 1. The van der Waals surface area contributed by atoms with Crippen LogP contribution in [0.15, 0.2) is 9.70 Å². The number of thiocarbonyl (C=S) groups is 1. The van der Waals surface area contributed by atoms with E-state index in [1.54, 1.807) is 9.47 Å². The average molecular weight is 459 g/mol. The number of amides is 1. The first-order valence-electron chi connectivity index (χ1n) is 11.0. The lowest BCUT2D eigenvalue weighted by Crippen LogP contribution is -2.33. The number of rotatable bonds is 7. The Bertz CT molecular complexity index is 1010. The molecule has 6 nitrogen and oxygen atoms in total. The Hall–Kier alpha value is -2.11. The summed E-state index contributed by atoms with van der Waals surface area (Å²) in [6.45, 7) is 10.9. The van der Waals surface area contributed by atoms with Crippen molar-refractivity contribution in [2.24, 2.45) is 5.92 Å². The van der Waals surface area contributed by atoms with E-state index in [0.717, 1.165) is 50.2 Å². The molecule has 0 aromatic carbocycles. The molecule has 2 saturated heterocycles. The van der Waals surface area contributed by atoms with Gasteiger partial charge in [-0.25, -0.2) is 0 Å². The highest BCUT2D eigenvalue weighted by Gasteiger charge is 2.33. The van der Waals surface area contributed by atoms with Crippen LogP contribution in [0.25, 0.3) is 6.08 Å². The van der Waals surface area contributed by atoms with Crippen LogP contribution >= 0.6 is 24.0 Å². The largest absolute Gasteiger partial charge is 0.357 e. The van der Waals surface area contributed by atoms with E-state index < -0.39 is 0 Å². The van der Waals surface area contributed by atoms with Gasteiger partial charge in [0.1, 0.15) is 21.8 Å². The molecule has 8 heteroatoms. The summed E-state index contributed by atoms with van der Waals surface area (Å²) in [6, 6.07) is 2.11.